The Morgan fingerprint density at radius 2 is 2.18 bits per heavy atom. The maximum absolute atomic E-state index is 12.9. The monoisotopic (exact) mass is 401 g/mol. The molecule has 8 heteroatoms. The second-order valence-electron chi connectivity index (χ2n) is 7.21. The van der Waals surface area contributed by atoms with Crippen LogP contribution in [0.15, 0.2) is 30.5 Å². The Labute approximate surface area is 169 Å². The van der Waals surface area contributed by atoms with E-state index >= 15 is 0 Å². The molecule has 2 atom stereocenters. The van der Waals surface area contributed by atoms with E-state index in [0.29, 0.717) is 18.1 Å². The second-order valence-corrected chi connectivity index (χ2v) is 8.36. The average molecular weight is 402 g/mol. The molecule has 0 saturated carbocycles. The number of anilines is 1. The predicted molar refractivity (Wildman–Crippen MR) is 111 cm³/mol. The van der Waals surface area contributed by atoms with E-state index in [9.17, 15) is 9.59 Å². The van der Waals surface area contributed by atoms with E-state index in [1.165, 1.54) is 11.3 Å². The standard InChI is InChI=1S/C20H27N5O2S/c1-13-6-3-4-7-14(13)10-16(24-19(27)17-8-5-9-25(17)2)18(26)22-11-15-12-23-20(21)28-15/h3-4,6-7,12,16-17H,5,8-11H2,1-2H3,(H2,21,23)(H,22,26)(H,24,27)/t16-,17+/m0/s1. The van der Waals surface area contributed by atoms with Crippen molar-refractivity contribution in [2.24, 2.45) is 0 Å². The normalized spacial score (nSPS) is 18.0. The molecule has 0 unspecified atom stereocenters. The maximum Gasteiger partial charge on any atom is 0.243 e. The van der Waals surface area contributed by atoms with Crippen molar-refractivity contribution in [2.45, 2.75) is 44.8 Å². The summed E-state index contributed by atoms with van der Waals surface area (Å²) in [6, 6.07) is 7.11. The number of thiazole rings is 1. The summed E-state index contributed by atoms with van der Waals surface area (Å²) < 4.78 is 0. The Morgan fingerprint density at radius 3 is 2.82 bits per heavy atom. The number of nitrogen functional groups attached to an aromatic ring is 1. The minimum absolute atomic E-state index is 0.0873. The lowest BCUT2D eigenvalue weighted by Gasteiger charge is -2.24. The first-order valence-corrected chi connectivity index (χ1v) is 10.3. The predicted octanol–water partition coefficient (Wildman–Crippen LogP) is 1.47. The molecule has 1 aromatic heterocycles. The van der Waals surface area contributed by atoms with E-state index < -0.39 is 6.04 Å². The molecule has 4 N–H and O–H groups in total. The fourth-order valence-corrected chi connectivity index (χ4v) is 4.10. The highest BCUT2D eigenvalue weighted by Crippen LogP contribution is 2.17. The topological polar surface area (TPSA) is 100 Å². The summed E-state index contributed by atoms with van der Waals surface area (Å²) >= 11 is 1.34. The third-order valence-corrected chi connectivity index (χ3v) is 5.98. The number of likely N-dealkylation sites (N-methyl/N-ethyl adjacent to an activating group) is 1. The zero-order chi connectivity index (χ0) is 20.1. The number of aryl methyl sites for hydroxylation is 1. The van der Waals surface area contributed by atoms with Gasteiger partial charge in [0.25, 0.3) is 0 Å². The van der Waals surface area contributed by atoms with Gasteiger partial charge in [0, 0.05) is 17.5 Å². The molecule has 1 aliphatic rings. The number of hydrogen-bond donors (Lipinski definition) is 3. The quantitative estimate of drug-likeness (QED) is 0.652. The molecule has 0 spiro atoms. The Morgan fingerprint density at radius 1 is 1.39 bits per heavy atom. The number of hydrogen-bond acceptors (Lipinski definition) is 6. The summed E-state index contributed by atoms with van der Waals surface area (Å²) in [5, 5.41) is 6.35. The van der Waals surface area contributed by atoms with Crippen molar-refractivity contribution in [3.05, 3.63) is 46.5 Å². The minimum atomic E-state index is -0.632. The molecule has 2 aromatic rings. The lowest BCUT2D eigenvalue weighted by Crippen LogP contribution is -2.52. The molecular formula is C20H27N5O2S. The number of nitrogens with one attached hydrogen (secondary N) is 2. The van der Waals surface area contributed by atoms with E-state index in [-0.39, 0.29) is 17.9 Å². The number of carbonyl (C=O) groups is 2. The summed E-state index contributed by atoms with van der Waals surface area (Å²) in [6.07, 6.45) is 3.92. The van der Waals surface area contributed by atoms with Crippen LogP contribution in [0.5, 0.6) is 0 Å². The van der Waals surface area contributed by atoms with E-state index in [0.717, 1.165) is 35.4 Å². The van der Waals surface area contributed by atoms with Gasteiger partial charge in [-0.3, -0.25) is 14.5 Å². The molecular weight excluding hydrogens is 374 g/mol. The molecule has 7 nitrogen and oxygen atoms in total. The molecule has 1 saturated heterocycles. The van der Waals surface area contributed by atoms with Crippen LogP contribution in [0.25, 0.3) is 0 Å². The lowest BCUT2D eigenvalue weighted by molar-refractivity contribution is -0.131. The zero-order valence-electron chi connectivity index (χ0n) is 16.3. The molecule has 150 valence electrons. The van der Waals surface area contributed by atoms with E-state index in [1.54, 1.807) is 6.20 Å². The summed E-state index contributed by atoms with van der Waals surface area (Å²) in [6.45, 7) is 3.26. The van der Waals surface area contributed by atoms with E-state index in [2.05, 4.69) is 15.6 Å². The number of carbonyl (C=O) groups excluding carboxylic acids is 2. The van der Waals surface area contributed by atoms with Gasteiger partial charge in [-0.05, 0) is 44.5 Å². The average Bonchev–Trinajstić information content (AvgIpc) is 3.28. The summed E-state index contributed by atoms with van der Waals surface area (Å²) in [7, 11) is 1.95. The van der Waals surface area contributed by atoms with E-state index in [4.69, 9.17) is 5.73 Å². The highest BCUT2D eigenvalue weighted by molar-refractivity contribution is 7.15. The fraction of sp³-hybridized carbons (Fsp3) is 0.450. The summed E-state index contributed by atoms with van der Waals surface area (Å²) in [5.74, 6) is -0.292. The lowest BCUT2D eigenvalue weighted by atomic mass is 10.00. The number of benzene rings is 1. The van der Waals surface area contributed by atoms with Crippen LogP contribution in [0.2, 0.25) is 0 Å². The molecule has 0 radical (unpaired) electrons. The van der Waals surface area contributed by atoms with Crippen LogP contribution in [-0.4, -0.2) is 47.4 Å². The molecule has 0 bridgehead atoms. The first-order chi connectivity index (χ1) is 13.4. The second kappa shape index (κ2) is 9.16. The Kier molecular flexibility index (Phi) is 6.64. The highest BCUT2D eigenvalue weighted by atomic mass is 32.1. The number of likely N-dealkylation sites (tertiary alicyclic amines) is 1. The van der Waals surface area contributed by atoms with Gasteiger partial charge in [-0.15, -0.1) is 11.3 Å². The first kappa shape index (κ1) is 20.3. The Hall–Kier alpha value is -2.45. The molecule has 1 aliphatic heterocycles. The third-order valence-electron chi connectivity index (χ3n) is 5.15. The van der Waals surface area contributed by atoms with Crippen molar-refractivity contribution in [2.75, 3.05) is 19.3 Å². The number of nitrogens with zero attached hydrogens (tertiary/aromatic N) is 2. The molecule has 0 aliphatic carbocycles. The molecule has 1 aromatic carbocycles. The van der Waals surface area contributed by atoms with Crippen LogP contribution in [0.1, 0.15) is 28.8 Å². The maximum atomic E-state index is 12.9. The van der Waals surface area contributed by atoms with Crippen LogP contribution in [0.3, 0.4) is 0 Å². The Balaban J connectivity index is 1.70. The van der Waals surface area contributed by atoms with Crippen LogP contribution in [0, 0.1) is 6.92 Å². The van der Waals surface area contributed by atoms with Gasteiger partial charge in [-0.1, -0.05) is 24.3 Å². The van der Waals surface area contributed by atoms with Crippen molar-refractivity contribution in [1.29, 1.82) is 0 Å². The summed E-state index contributed by atoms with van der Waals surface area (Å²) in [4.78, 5) is 32.6. The highest BCUT2D eigenvalue weighted by Gasteiger charge is 2.31. The van der Waals surface area contributed by atoms with E-state index in [1.807, 2.05) is 43.1 Å². The number of amides is 2. The van der Waals surface area contributed by atoms with Gasteiger partial charge in [0.05, 0.1) is 12.6 Å². The van der Waals surface area contributed by atoms with Gasteiger partial charge in [0.1, 0.15) is 6.04 Å². The minimum Gasteiger partial charge on any atom is -0.375 e. The van der Waals surface area contributed by atoms with Crippen molar-refractivity contribution < 1.29 is 9.59 Å². The molecule has 1 fully saturated rings. The van der Waals surface area contributed by atoms with Crippen molar-refractivity contribution in [3.8, 4) is 0 Å². The molecule has 2 heterocycles. The van der Waals surface area contributed by atoms with Gasteiger partial charge in [-0.2, -0.15) is 0 Å². The molecule has 3 rings (SSSR count). The van der Waals surface area contributed by atoms with Gasteiger partial charge in [0.2, 0.25) is 11.8 Å². The Bertz CT molecular complexity index is 838. The van der Waals surface area contributed by atoms with Crippen molar-refractivity contribution in [1.82, 2.24) is 20.5 Å². The van der Waals surface area contributed by atoms with Crippen LogP contribution in [0.4, 0.5) is 5.13 Å². The van der Waals surface area contributed by atoms with Gasteiger partial charge in [-0.25, -0.2) is 4.98 Å². The van der Waals surface area contributed by atoms with Crippen LogP contribution < -0.4 is 16.4 Å². The largest absolute Gasteiger partial charge is 0.375 e. The zero-order valence-corrected chi connectivity index (χ0v) is 17.1. The van der Waals surface area contributed by atoms with Crippen molar-refractivity contribution in [3.63, 3.8) is 0 Å². The number of nitrogens with two attached hydrogens (primary N) is 1. The van der Waals surface area contributed by atoms with Gasteiger partial charge < -0.3 is 16.4 Å². The number of rotatable bonds is 7. The van der Waals surface area contributed by atoms with Crippen molar-refractivity contribution >= 4 is 28.3 Å². The smallest absolute Gasteiger partial charge is 0.243 e. The summed E-state index contributed by atoms with van der Waals surface area (Å²) in [5.41, 5.74) is 7.79. The third kappa shape index (κ3) is 5.08. The van der Waals surface area contributed by atoms with Gasteiger partial charge in [0.15, 0.2) is 5.13 Å². The SMILES string of the molecule is Cc1ccccc1C[C@H](NC(=O)[C@H]1CCCN1C)C(=O)NCc1cnc(N)s1. The van der Waals surface area contributed by atoms with Crippen LogP contribution in [-0.2, 0) is 22.6 Å². The first-order valence-electron chi connectivity index (χ1n) is 9.47. The fourth-order valence-electron chi connectivity index (χ4n) is 3.48. The molecule has 28 heavy (non-hydrogen) atoms. The molecule has 2 amide bonds. The van der Waals surface area contributed by atoms with Gasteiger partial charge >= 0.3 is 0 Å². The van der Waals surface area contributed by atoms with Crippen LogP contribution >= 0.6 is 11.3 Å². The number of aromatic nitrogens is 1.